The highest BCUT2D eigenvalue weighted by molar-refractivity contribution is 6.31. The minimum absolute atomic E-state index is 0.311. The zero-order valence-corrected chi connectivity index (χ0v) is 12.1. The maximum Gasteiger partial charge on any atom is 0.163 e. The van der Waals surface area contributed by atoms with Crippen molar-refractivity contribution in [2.24, 2.45) is 0 Å². The highest BCUT2D eigenvalue weighted by Crippen LogP contribution is 2.32. The van der Waals surface area contributed by atoms with E-state index in [0.717, 1.165) is 17.9 Å². The van der Waals surface area contributed by atoms with Gasteiger partial charge in [-0.3, -0.25) is 0 Å². The molecular weight excluding hydrogens is 293 g/mol. The van der Waals surface area contributed by atoms with E-state index >= 15 is 0 Å². The van der Waals surface area contributed by atoms with Gasteiger partial charge in [0.1, 0.15) is 5.82 Å². The molecule has 1 N–H and O–H groups in total. The van der Waals surface area contributed by atoms with Crippen molar-refractivity contribution in [2.75, 3.05) is 18.5 Å². The Kier molecular flexibility index (Phi) is 4.15. The van der Waals surface area contributed by atoms with Crippen LogP contribution < -0.4 is 14.8 Å². The van der Waals surface area contributed by atoms with Gasteiger partial charge in [0.05, 0.1) is 13.2 Å². The molecule has 0 aliphatic carbocycles. The van der Waals surface area contributed by atoms with Crippen molar-refractivity contribution in [1.82, 2.24) is 0 Å². The molecular formula is C16H15ClFNO2. The Bertz CT molecular complexity index is 628. The minimum atomic E-state index is -0.315. The SMILES string of the molecule is Fc1cccc(Cl)c1CNc1ccc2c(c1)OCCCO2. The Labute approximate surface area is 127 Å². The molecule has 0 amide bonds. The molecule has 1 aliphatic heterocycles. The number of nitrogens with one attached hydrogen (secondary N) is 1. The van der Waals surface area contributed by atoms with E-state index in [0.29, 0.717) is 36.1 Å². The van der Waals surface area contributed by atoms with Crippen molar-refractivity contribution in [1.29, 1.82) is 0 Å². The average molecular weight is 308 g/mol. The predicted molar refractivity (Wildman–Crippen MR) is 80.8 cm³/mol. The third-order valence-electron chi connectivity index (χ3n) is 3.28. The molecule has 3 rings (SSSR count). The molecule has 0 radical (unpaired) electrons. The quantitative estimate of drug-likeness (QED) is 0.919. The van der Waals surface area contributed by atoms with E-state index in [9.17, 15) is 4.39 Å². The van der Waals surface area contributed by atoms with Crippen LogP contribution in [0.1, 0.15) is 12.0 Å². The van der Waals surface area contributed by atoms with Gasteiger partial charge in [-0.1, -0.05) is 17.7 Å². The molecule has 0 saturated carbocycles. The van der Waals surface area contributed by atoms with Crippen molar-refractivity contribution >= 4 is 17.3 Å². The molecule has 1 heterocycles. The lowest BCUT2D eigenvalue weighted by Crippen LogP contribution is -2.03. The molecule has 21 heavy (non-hydrogen) atoms. The summed E-state index contributed by atoms with van der Waals surface area (Å²) in [5, 5.41) is 3.57. The van der Waals surface area contributed by atoms with Gasteiger partial charge in [-0.05, 0) is 24.3 Å². The van der Waals surface area contributed by atoms with Crippen molar-refractivity contribution < 1.29 is 13.9 Å². The van der Waals surface area contributed by atoms with Gasteiger partial charge in [0.15, 0.2) is 11.5 Å². The largest absolute Gasteiger partial charge is 0.490 e. The van der Waals surface area contributed by atoms with Crippen molar-refractivity contribution in [3.63, 3.8) is 0 Å². The van der Waals surface area contributed by atoms with E-state index in [1.54, 1.807) is 12.1 Å². The maximum absolute atomic E-state index is 13.7. The first-order valence-corrected chi connectivity index (χ1v) is 7.18. The molecule has 0 spiro atoms. The smallest absolute Gasteiger partial charge is 0.163 e. The summed E-state index contributed by atoms with van der Waals surface area (Å²) in [7, 11) is 0. The fraction of sp³-hybridized carbons (Fsp3) is 0.250. The lowest BCUT2D eigenvalue weighted by Gasteiger charge is -2.12. The van der Waals surface area contributed by atoms with Crippen LogP contribution in [0.25, 0.3) is 0 Å². The standard InChI is InChI=1S/C16H15ClFNO2/c17-13-3-1-4-14(18)12(13)10-19-11-5-6-15-16(9-11)21-8-2-7-20-15/h1,3-6,9,19H,2,7-8,10H2. The summed E-state index contributed by atoms with van der Waals surface area (Å²) in [5.41, 5.74) is 1.28. The molecule has 2 aromatic carbocycles. The Balaban J connectivity index is 1.75. The highest BCUT2D eigenvalue weighted by Gasteiger charge is 2.11. The summed E-state index contributed by atoms with van der Waals surface area (Å²) in [6.07, 6.45) is 0.863. The van der Waals surface area contributed by atoms with Gasteiger partial charge >= 0.3 is 0 Å². The summed E-state index contributed by atoms with van der Waals surface area (Å²) >= 11 is 6.01. The Morgan fingerprint density at radius 1 is 1.10 bits per heavy atom. The first-order valence-electron chi connectivity index (χ1n) is 6.80. The summed E-state index contributed by atoms with van der Waals surface area (Å²) in [6.45, 7) is 1.60. The minimum Gasteiger partial charge on any atom is -0.490 e. The fourth-order valence-corrected chi connectivity index (χ4v) is 2.39. The van der Waals surface area contributed by atoms with Crippen LogP contribution in [-0.2, 0) is 6.54 Å². The number of hydrogen-bond donors (Lipinski definition) is 1. The van der Waals surface area contributed by atoms with Gasteiger partial charge in [0, 0.05) is 35.3 Å². The first-order chi connectivity index (χ1) is 10.2. The highest BCUT2D eigenvalue weighted by atomic mass is 35.5. The van der Waals surface area contributed by atoms with Crippen LogP contribution in [0.3, 0.4) is 0 Å². The van der Waals surface area contributed by atoms with Gasteiger partial charge < -0.3 is 14.8 Å². The first kappa shape index (κ1) is 14.0. The monoisotopic (exact) mass is 307 g/mol. The second kappa shape index (κ2) is 6.22. The molecule has 1 aliphatic rings. The Morgan fingerprint density at radius 3 is 2.71 bits per heavy atom. The summed E-state index contributed by atoms with van der Waals surface area (Å²) in [5.74, 6) is 1.13. The van der Waals surface area contributed by atoms with E-state index in [-0.39, 0.29) is 5.82 Å². The van der Waals surface area contributed by atoms with Crippen LogP contribution in [0.15, 0.2) is 36.4 Å². The van der Waals surface area contributed by atoms with E-state index in [2.05, 4.69) is 5.32 Å². The molecule has 0 fully saturated rings. The Hall–Kier alpha value is -1.94. The number of anilines is 1. The summed E-state index contributed by atoms with van der Waals surface area (Å²) in [4.78, 5) is 0. The van der Waals surface area contributed by atoms with E-state index in [1.165, 1.54) is 6.07 Å². The number of hydrogen-bond acceptors (Lipinski definition) is 3. The predicted octanol–water partition coefficient (Wildman–Crippen LogP) is 4.25. The zero-order chi connectivity index (χ0) is 14.7. The summed E-state index contributed by atoms with van der Waals surface area (Å²) < 4.78 is 24.9. The number of halogens is 2. The molecule has 0 atom stereocenters. The Morgan fingerprint density at radius 2 is 1.90 bits per heavy atom. The molecule has 0 saturated heterocycles. The number of fused-ring (bicyclic) bond motifs is 1. The molecule has 0 aromatic heterocycles. The molecule has 3 nitrogen and oxygen atoms in total. The number of rotatable bonds is 3. The lowest BCUT2D eigenvalue weighted by atomic mass is 10.2. The zero-order valence-electron chi connectivity index (χ0n) is 11.4. The number of benzene rings is 2. The van der Waals surface area contributed by atoms with E-state index < -0.39 is 0 Å². The van der Waals surface area contributed by atoms with Crippen LogP contribution in [0.5, 0.6) is 11.5 Å². The molecule has 110 valence electrons. The molecule has 0 bridgehead atoms. The van der Waals surface area contributed by atoms with Gasteiger partial charge in [-0.25, -0.2) is 4.39 Å². The average Bonchev–Trinajstić information content (AvgIpc) is 2.71. The third kappa shape index (κ3) is 3.22. The van der Waals surface area contributed by atoms with Crippen LogP contribution in [0.2, 0.25) is 5.02 Å². The maximum atomic E-state index is 13.7. The van der Waals surface area contributed by atoms with Crippen molar-refractivity contribution in [2.45, 2.75) is 13.0 Å². The molecule has 0 unspecified atom stereocenters. The third-order valence-corrected chi connectivity index (χ3v) is 3.63. The van der Waals surface area contributed by atoms with Gasteiger partial charge in [0.2, 0.25) is 0 Å². The van der Waals surface area contributed by atoms with E-state index in [1.807, 2.05) is 18.2 Å². The fourth-order valence-electron chi connectivity index (χ4n) is 2.16. The topological polar surface area (TPSA) is 30.5 Å². The number of ether oxygens (including phenoxy) is 2. The van der Waals surface area contributed by atoms with Crippen LogP contribution in [0, 0.1) is 5.82 Å². The van der Waals surface area contributed by atoms with Crippen LogP contribution in [-0.4, -0.2) is 13.2 Å². The molecule has 2 aromatic rings. The second-order valence-electron chi connectivity index (χ2n) is 4.77. The van der Waals surface area contributed by atoms with Gasteiger partial charge in [0.25, 0.3) is 0 Å². The van der Waals surface area contributed by atoms with Gasteiger partial charge in [-0.2, -0.15) is 0 Å². The van der Waals surface area contributed by atoms with Crippen molar-refractivity contribution in [3.05, 3.63) is 52.8 Å². The lowest BCUT2D eigenvalue weighted by molar-refractivity contribution is 0.297. The van der Waals surface area contributed by atoms with Crippen LogP contribution in [0.4, 0.5) is 10.1 Å². The van der Waals surface area contributed by atoms with E-state index in [4.69, 9.17) is 21.1 Å². The molecule has 5 heteroatoms. The normalized spacial score (nSPS) is 13.6. The summed E-state index contributed by atoms with van der Waals surface area (Å²) in [6, 6.07) is 10.3. The second-order valence-corrected chi connectivity index (χ2v) is 5.17. The van der Waals surface area contributed by atoms with Crippen molar-refractivity contribution in [3.8, 4) is 11.5 Å². The van der Waals surface area contributed by atoms with Gasteiger partial charge in [-0.15, -0.1) is 0 Å². The van der Waals surface area contributed by atoms with Crippen LogP contribution >= 0.6 is 11.6 Å².